The molecule has 2 aliphatic rings. The van der Waals surface area contributed by atoms with E-state index in [4.69, 9.17) is 10.5 Å². The minimum Gasteiger partial charge on any atom is -0.377 e. The van der Waals surface area contributed by atoms with Crippen LogP contribution in [-0.2, 0) is 9.53 Å². The van der Waals surface area contributed by atoms with Crippen LogP contribution in [0.15, 0.2) is 0 Å². The largest absolute Gasteiger partial charge is 0.377 e. The van der Waals surface area contributed by atoms with Gasteiger partial charge in [0.2, 0.25) is 5.91 Å². The first-order valence-corrected chi connectivity index (χ1v) is 7.60. The van der Waals surface area contributed by atoms with E-state index in [2.05, 4.69) is 19.2 Å². The molecule has 2 rings (SSSR count). The van der Waals surface area contributed by atoms with Crippen LogP contribution in [0.4, 0.5) is 0 Å². The number of ether oxygens (including phenoxy) is 1. The molecule has 0 aromatic heterocycles. The molecular formula is C15H28N2O2. The fraction of sp³-hybridized carbons (Fsp3) is 0.933. The molecule has 3 N–H and O–H groups in total. The Morgan fingerprint density at radius 2 is 2.05 bits per heavy atom. The summed E-state index contributed by atoms with van der Waals surface area (Å²) in [5.74, 6) is -0.191. The van der Waals surface area contributed by atoms with Crippen molar-refractivity contribution < 1.29 is 9.53 Å². The Bertz CT molecular complexity index is 324. The van der Waals surface area contributed by atoms with Crippen molar-refractivity contribution in [3.05, 3.63) is 0 Å². The first kappa shape index (κ1) is 14.8. The maximum absolute atomic E-state index is 12.0. The summed E-state index contributed by atoms with van der Waals surface area (Å²) in [7, 11) is 0. The lowest BCUT2D eigenvalue weighted by Crippen LogP contribution is -2.56. The maximum atomic E-state index is 12.0. The van der Waals surface area contributed by atoms with Crippen LogP contribution in [0.1, 0.15) is 58.8 Å². The number of hydrogen-bond acceptors (Lipinski definition) is 3. The highest BCUT2D eigenvalue weighted by atomic mass is 16.5. The van der Waals surface area contributed by atoms with Gasteiger partial charge < -0.3 is 15.8 Å². The minimum atomic E-state index is -0.514. The van der Waals surface area contributed by atoms with Gasteiger partial charge in [0.1, 0.15) is 0 Å². The van der Waals surface area contributed by atoms with E-state index >= 15 is 0 Å². The Morgan fingerprint density at radius 1 is 1.26 bits per heavy atom. The molecule has 1 aliphatic heterocycles. The normalized spacial score (nSPS) is 34.9. The van der Waals surface area contributed by atoms with Crippen LogP contribution in [-0.4, -0.2) is 30.7 Å². The lowest BCUT2D eigenvalue weighted by molar-refractivity contribution is -0.125. The third-order valence-electron chi connectivity index (χ3n) is 4.85. The van der Waals surface area contributed by atoms with Gasteiger partial charge in [-0.05, 0) is 43.9 Å². The molecule has 1 aliphatic carbocycles. The molecule has 4 heteroatoms. The molecule has 0 bridgehead atoms. The molecule has 110 valence electrons. The van der Waals surface area contributed by atoms with E-state index in [0.717, 1.165) is 51.7 Å². The van der Waals surface area contributed by atoms with Gasteiger partial charge in [0.05, 0.1) is 11.6 Å². The number of amides is 1. The zero-order valence-corrected chi connectivity index (χ0v) is 12.3. The van der Waals surface area contributed by atoms with E-state index in [1.807, 2.05) is 0 Å². The topological polar surface area (TPSA) is 64.3 Å². The molecular weight excluding hydrogens is 240 g/mol. The van der Waals surface area contributed by atoms with Gasteiger partial charge in [-0.25, -0.2) is 0 Å². The zero-order chi connectivity index (χ0) is 13.9. The van der Waals surface area contributed by atoms with E-state index in [0.29, 0.717) is 5.41 Å². The fourth-order valence-corrected chi connectivity index (χ4v) is 3.30. The third-order valence-corrected chi connectivity index (χ3v) is 4.85. The smallest absolute Gasteiger partial charge is 0.237 e. The lowest BCUT2D eigenvalue weighted by atomic mass is 9.83. The van der Waals surface area contributed by atoms with Gasteiger partial charge in [-0.15, -0.1) is 0 Å². The van der Waals surface area contributed by atoms with Crippen LogP contribution in [0.3, 0.4) is 0 Å². The van der Waals surface area contributed by atoms with Crippen molar-refractivity contribution in [2.24, 2.45) is 11.1 Å². The molecule has 0 aromatic rings. The molecule has 1 saturated carbocycles. The Morgan fingerprint density at radius 3 is 2.68 bits per heavy atom. The SMILES string of the molecule is CC1(C)CCCC(NCC2CCCO2)(C(N)=O)CC1. The molecule has 2 unspecified atom stereocenters. The summed E-state index contributed by atoms with van der Waals surface area (Å²) in [6.07, 6.45) is 7.47. The highest BCUT2D eigenvalue weighted by Gasteiger charge is 2.40. The van der Waals surface area contributed by atoms with Crippen LogP contribution in [0, 0.1) is 5.41 Å². The van der Waals surface area contributed by atoms with Crippen molar-refractivity contribution in [3.8, 4) is 0 Å². The predicted molar refractivity (Wildman–Crippen MR) is 75.8 cm³/mol. The number of hydrogen-bond donors (Lipinski definition) is 2. The van der Waals surface area contributed by atoms with Crippen molar-refractivity contribution in [2.75, 3.05) is 13.2 Å². The second-order valence-corrected chi connectivity index (χ2v) is 6.98. The van der Waals surface area contributed by atoms with Crippen molar-refractivity contribution in [1.29, 1.82) is 0 Å². The number of nitrogens with two attached hydrogens (primary N) is 1. The Kier molecular flexibility index (Phi) is 4.51. The highest BCUT2D eigenvalue weighted by Crippen LogP contribution is 2.38. The van der Waals surface area contributed by atoms with Gasteiger partial charge in [-0.2, -0.15) is 0 Å². The van der Waals surface area contributed by atoms with E-state index in [9.17, 15) is 4.79 Å². The molecule has 1 saturated heterocycles. The summed E-state index contributed by atoms with van der Waals surface area (Å²) in [5.41, 5.74) is 5.51. The summed E-state index contributed by atoms with van der Waals surface area (Å²) >= 11 is 0. The monoisotopic (exact) mass is 268 g/mol. The Labute approximate surface area is 116 Å². The van der Waals surface area contributed by atoms with Crippen molar-refractivity contribution in [3.63, 3.8) is 0 Å². The molecule has 0 radical (unpaired) electrons. The Balaban J connectivity index is 1.98. The van der Waals surface area contributed by atoms with Crippen LogP contribution in [0.25, 0.3) is 0 Å². The van der Waals surface area contributed by atoms with Gasteiger partial charge in [0.25, 0.3) is 0 Å². The molecule has 2 atom stereocenters. The van der Waals surface area contributed by atoms with E-state index in [-0.39, 0.29) is 12.0 Å². The number of rotatable bonds is 4. The van der Waals surface area contributed by atoms with E-state index < -0.39 is 5.54 Å². The van der Waals surface area contributed by atoms with Gasteiger partial charge in [0, 0.05) is 13.2 Å². The Hall–Kier alpha value is -0.610. The van der Waals surface area contributed by atoms with E-state index in [1.165, 1.54) is 6.42 Å². The van der Waals surface area contributed by atoms with Crippen molar-refractivity contribution in [1.82, 2.24) is 5.32 Å². The maximum Gasteiger partial charge on any atom is 0.237 e. The van der Waals surface area contributed by atoms with Crippen LogP contribution in [0.2, 0.25) is 0 Å². The second kappa shape index (κ2) is 5.80. The standard InChI is InChI=1S/C15H28N2O2/c1-14(2)6-4-7-15(9-8-14,13(16)18)17-11-12-5-3-10-19-12/h12,17H,3-11H2,1-2H3,(H2,16,18). The average Bonchev–Trinajstić information content (AvgIpc) is 2.79. The summed E-state index contributed by atoms with van der Waals surface area (Å²) in [5, 5.41) is 3.45. The van der Waals surface area contributed by atoms with Crippen LogP contribution in [0.5, 0.6) is 0 Å². The fourth-order valence-electron chi connectivity index (χ4n) is 3.30. The quantitative estimate of drug-likeness (QED) is 0.766. The van der Waals surface area contributed by atoms with Gasteiger partial charge in [0.15, 0.2) is 0 Å². The average molecular weight is 268 g/mol. The molecule has 1 heterocycles. The zero-order valence-electron chi connectivity index (χ0n) is 12.3. The van der Waals surface area contributed by atoms with E-state index in [1.54, 1.807) is 0 Å². The van der Waals surface area contributed by atoms with Crippen molar-refractivity contribution in [2.45, 2.75) is 70.4 Å². The predicted octanol–water partition coefficient (Wildman–Crippen LogP) is 1.97. The summed E-state index contributed by atoms with van der Waals surface area (Å²) in [6, 6.07) is 0. The minimum absolute atomic E-state index is 0.191. The first-order chi connectivity index (χ1) is 8.94. The van der Waals surface area contributed by atoms with Crippen LogP contribution >= 0.6 is 0 Å². The molecule has 0 spiro atoms. The number of primary amides is 1. The molecule has 19 heavy (non-hydrogen) atoms. The first-order valence-electron chi connectivity index (χ1n) is 7.60. The van der Waals surface area contributed by atoms with Crippen LogP contribution < -0.4 is 11.1 Å². The summed E-state index contributed by atoms with van der Waals surface area (Å²) in [4.78, 5) is 12.0. The molecule has 2 fully saturated rings. The van der Waals surface area contributed by atoms with Gasteiger partial charge in [-0.3, -0.25) is 4.79 Å². The van der Waals surface area contributed by atoms with Crippen molar-refractivity contribution >= 4 is 5.91 Å². The third kappa shape index (κ3) is 3.69. The second-order valence-electron chi connectivity index (χ2n) is 6.98. The summed E-state index contributed by atoms with van der Waals surface area (Å²) in [6.45, 7) is 6.17. The van der Waals surface area contributed by atoms with Gasteiger partial charge >= 0.3 is 0 Å². The van der Waals surface area contributed by atoms with Gasteiger partial charge in [-0.1, -0.05) is 20.3 Å². The summed E-state index contributed by atoms with van der Waals surface area (Å²) < 4.78 is 5.63. The molecule has 1 amide bonds. The molecule has 0 aromatic carbocycles. The molecule has 4 nitrogen and oxygen atoms in total. The highest BCUT2D eigenvalue weighted by molar-refractivity contribution is 5.84. The lowest BCUT2D eigenvalue weighted by Gasteiger charge is -2.32. The number of carbonyl (C=O) groups excluding carboxylic acids is 1. The number of nitrogens with one attached hydrogen (secondary N) is 1. The number of carbonyl (C=O) groups is 1.